The van der Waals surface area contributed by atoms with Crippen molar-refractivity contribution in [1.82, 2.24) is 5.32 Å². The first kappa shape index (κ1) is 20.3. The van der Waals surface area contributed by atoms with Crippen LogP contribution in [0.15, 0.2) is 36.4 Å². The molecule has 2 rings (SSSR count). The average molecular weight is 473 g/mol. The number of hydrogen-bond donors (Lipinski definition) is 1. The molecule has 2 aromatic carbocycles. The maximum atomic E-state index is 12.8. The van der Waals surface area contributed by atoms with Gasteiger partial charge in [0.05, 0.1) is 26.4 Å². The van der Waals surface area contributed by atoms with Crippen LogP contribution >= 0.6 is 22.6 Å². The minimum absolute atomic E-state index is 0.158. The number of benzene rings is 2. The van der Waals surface area contributed by atoms with Crippen LogP contribution in [-0.2, 0) is 0 Å². The van der Waals surface area contributed by atoms with E-state index in [1.54, 1.807) is 31.4 Å². The van der Waals surface area contributed by atoms with E-state index in [4.69, 9.17) is 14.2 Å². The third-order valence-corrected chi connectivity index (χ3v) is 4.55. The molecule has 5 nitrogen and oxygen atoms in total. The summed E-state index contributed by atoms with van der Waals surface area (Å²) < 4.78 is 29.6. The molecule has 1 N–H and O–H groups in total. The molecule has 0 bridgehead atoms. The Balaban J connectivity index is 1.75. The maximum Gasteiger partial charge on any atom is 0.252 e. The summed E-state index contributed by atoms with van der Waals surface area (Å²) in [6.45, 7) is 1.05. The quantitative estimate of drug-likeness (QED) is 0.442. The summed E-state index contributed by atoms with van der Waals surface area (Å²) in [5, 5.41) is 2.89. The first-order chi connectivity index (χ1) is 12.5. The predicted octanol–water partition coefficient (Wildman–Crippen LogP) is 4.04. The lowest BCUT2D eigenvalue weighted by Gasteiger charge is -2.12. The highest BCUT2D eigenvalue weighted by Gasteiger charge is 2.15. The minimum atomic E-state index is -0.287. The highest BCUT2D eigenvalue weighted by atomic mass is 127. The van der Waals surface area contributed by atoms with E-state index < -0.39 is 0 Å². The van der Waals surface area contributed by atoms with Gasteiger partial charge in [0.2, 0.25) is 0 Å². The summed E-state index contributed by atoms with van der Waals surface area (Å²) in [4.78, 5) is 12.3. The van der Waals surface area contributed by atoms with Gasteiger partial charge in [0.15, 0.2) is 11.5 Å². The number of halogens is 2. The van der Waals surface area contributed by atoms with Gasteiger partial charge in [-0.25, -0.2) is 4.39 Å². The second-order valence-electron chi connectivity index (χ2n) is 5.45. The van der Waals surface area contributed by atoms with E-state index >= 15 is 0 Å². The molecule has 0 fully saturated rings. The van der Waals surface area contributed by atoms with E-state index in [1.807, 2.05) is 0 Å². The molecule has 7 heteroatoms. The fourth-order valence-electron chi connectivity index (χ4n) is 2.27. The van der Waals surface area contributed by atoms with E-state index in [0.29, 0.717) is 36.0 Å². The molecule has 0 radical (unpaired) electrons. The largest absolute Gasteiger partial charge is 0.494 e. The molecular weight excluding hydrogens is 452 g/mol. The van der Waals surface area contributed by atoms with Gasteiger partial charge in [0.1, 0.15) is 11.6 Å². The zero-order chi connectivity index (χ0) is 18.9. The first-order valence-electron chi connectivity index (χ1n) is 8.13. The van der Waals surface area contributed by atoms with Crippen LogP contribution in [0.4, 0.5) is 4.39 Å². The standard InChI is InChI=1S/C19H21FINO4/c1-24-17-11-15(16(21)12-18(17)25-2)19(23)22-9-3-4-10-26-14-7-5-13(20)6-8-14/h5-8,11-12H,3-4,9-10H2,1-2H3,(H,22,23). The van der Waals surface area contributed by atoms with Crippen molar-refractivity contribution in [3.8, 4) is 17.2 Å². The van der Waals surface area contributed by atoms with Crippen molar-refractivity contribution in [3.63, 3.8) is 0 Å². The topological polar surface area (TPSA) is 56.8 Å². The SMILES string of the molecule is COc1cc(I)c(C(=O)NCCCCOc2ccc(F)cc2)cc1OC. The number of carbonyl (C=O) groups is 1. The molecule has 0 heterocycles. The van der Waals surface area contributed by atoms with E-state index in [2.05, 4.69) is 27.9 Å². The van der Waals surface area contributed by atoms with Gasteiger partial charge in [-0.1, -0.05) is 0 Å². The van der Waals surface area contributed by atoms with Crippen molar-refractivity contribution < 1.29 is 23.4 Å². The van der Waals surface area contributed by atoms with E-state index in [0.717, 1.165) is 16.4 Å². The zero-order valence-electron chi connectivity index (χ0n) is 14.7. The van der Waals surface area contributed by atoms with Gasteiger partial charge in [0, 0.05) is 10.1 Å². The van der Waals surface area contributed by atoms with E-state index in [9.17, 15) is 9.18 Å². The Morgan fingerprint density at radius 1 is 1.08 bits per heavy atom. The summed E-state index contributed by atoms with van der Waals surface area (Å²) in [7, 11) is 3.09. The molecule has 0 saturated heterocycles. The summed E-state index contributed by atoms with van der Waals surface area (Å²) in [6.07, 6.45) is 1.55. The third-order valence-electron chi connectivity index (χ3n) is 3.66. The fraction of sp³-hybridized carbons (Fsp3) is 0.316. The fourth-order valence-corrected chi connectivity index (χ4v) is 2.96. The van der Waals surface area contributed by atoms with Gasteiger partial charge in [-0.3, -0.25) is 4.79 Å². The molecule has 0 aliphatic rings. The molecule has 26 heavy (non-hydrogen) atoms. The van der Waals surface area contributed by atoms with E-state index in [1.165, 1.54) is 19.2 Å². The van der Waals surface area contributed by atoms with Gasteiger partial charge in [-0.2, -0.15) is 0 Å². The van der Waals surface area contributed by atoms with Gasteiger partial charge >= 0.3 is 0 Å². The molecule has 0 saturated carbocycles. The Hall–Kier alpha value is -2.03. The van der Waals surface area contributed by atoms with Gasteiger partial charge in [-0.05, 0) is 71.8 Å². The summed E-state index contributed by atoms with van der Waals surface area (Å²) in [6, 6.07) is 9.35. The lowest BCUT2D eigenvalue weighted by atomic mass is 10.2. The van der Waals surface area contributed by atoms with Crippen LogP contribution in [0.1, 0.15) is 23.2 Å². The van der Waals surface area contributed by atoms with Crippen molar-refractivity contribution >= 4 is 28.5 Å². The van der Waals surface area contributed by atoms with Crippen molar-refractivity contribution in [1.29, 1.82) is 0 Å². The molecule has 2 aromatic rings. The van der Waals surface area contributed by atoms with Crippen LogP contribution in [0.25, 0.3) is 0 Å². The lowest BCUT2D eigenvalue weighted by molar-refractivity contribution is 0.0951. The zero-order valence-corrected chi connectivity index (χ0v) is 16.8. The number of ether oxygens (including phenoxy) is 3. The van der Waals surface area contributed by atoms with Crippen molar-refractivity contribution in [2.24, 2.45) is 0 Å². The predicted molar refractivity (Wildman–Crippen MR) is 106 cm³/mol. The molecule has 0 aromatic heterocycles. The van der Waals surface area contributed by atoms with Crippen molar-refractivity contribution in [2.75, 3.05) is 27.4 Å². The molecule has 0 spiro atoms. The van der Waals surface area contributed by atoms with Crippen LogP contribution in [0, 0.1) is 9.39 Å². The van der Waals surface area contributed by atoms with Crippen molar-refractivity contribution in [2.45, 2.75) is 12.8 Å². The normalized spacial score (nSPS) is 10.3. The number of hydrogen-bond acceptors (Lipinski definition) is 4. The van der Waals surface area contributed by atoms with Crippen LogP contribution in [0.5, 0.6) is 17.2 Å². The lowest BCUT2D eigenvalue weighted by Crippen LogP contribution is -2.25. The maximum absolute atomic E-state index is 12.8. The van der Waals surface area contributed by atoms with Crippen molar-refractivity contribution in [3.05, 3.63) is 51.3 Å². The molecule has 0 atom stereocenters. The minimum Gasteiger partial charge on any atom is -0.494 e. The molecule has 0 aliphatic heterocycles. The number of carbonyl (C=O) groups excluding carboxylic acids is 1. The molecular formula is C19H21FINO4. The van der Waals surface area contributed by atoms with Gasteiger partial charge in [0.25, 0.3) is 5.91 Å². The summed E-state index contributed by atoms with van der Waals surface area (Å²) in [5.41, 5.74) is 0.547. The van der Waals surface area contributed by atoms with Gasteiger partial charge in [-0.15, -0.1) is 0 Å². The summed E-state index contributed by atoms with van der Waals surface area (Å²) >= 11 is 2.10. The second kappa shape index (κ2) is 10.2. The number of amides is 1. The van der Waals surface area contributed by atoms with Crippen LogP contribution in [0.2, 0.25) is 0 Å². The smallest absolute Gasteiger partial charge is 0.252 e. The van der Waals surface area contributed by atoms with Crippen LogP contribution in [0.3, 0.4) is 0 Å². The first-order valence-corrected chi connectivity index (χ1v) is 9.21. The number of rotatable bonds is 9. The Morgan fingerprint density at radius 3 is 2.38 bits per heavy atom. The molecule has 1 amide bonds. The Labute approximate surface area is 166 Å². The Bertz CT molecular complexity index is 737. The van der Waals surface area contributed by atoms with Gasteiger partial charge < -0.3 is 19.5 Å². The Kier molecular flexibility index (Phi) is 7.96. The number of unbranched alkanes of at least 4 members (excludes halogenated alkanes) is 1. The Morgan fingerprint density at radius 2 is 1.73 bits per heavy atom. The molecule has 0 aliphatic carbocycles. The van der Waals surface area contributed by atoms with E-state index in [-0.39, 0.29) is 11.7 Å². The number of nitrogens with one attached hydrogen (secondary N) is 1. The highest BCUT2D eigenvalue weighted by Crippen LogP contribution is 2.31. The van der Waals surface area contributed by atoms with Crippen LogP contribution < -0.4 is 19.5 Å². The molecule has 140 valence electrons. The highest BCUT2D eigenvalue weighted by molar-refractivity contribution is 14.1. The third kappa shape index (κ3) is 5.76. The monoisotopic (exact) mass is 473 g/mol. The van der Waals surface area contributed by atoms with Crippen LogP contribution in [-0.4, -0.2) is 33.3 Å². The molecule has 0 unspecified atom stereocenters. The second-order valence-corrected chi connectivity index (χ2v) is 6.61. The number of methoxy groups -OCH3 is 2. The average Bonchev–Trinajstić information content (AvgIpc) is 2.65. The summed E-state index contributed by atoms with van der Waals surface area (Å²) in [5.74, 6) is 1.30.